The standard InChI is InChI=1S/C25H26INO3S/c1-17-7-9-19(10-8-17)16-30-22-12-11-20(13-21(22)26)14-23-24(28)27(25(29)31-23)15-18-5-3-2-4-6-18/h7-14,18H,2-6,15-16H2,1H3/b23-14+. The molecule has 1 heterocycles. The van der Waals surface area contributed by atoms with Crippen molar-refractivity contribution in [2.45, 2.75) is 45.6 Å². The van der Waals surface area contributed by atoms with Crippen molar-refractivity contribution in [1.82, 2.24) is 4.90 Å². The molecule has 2 amide bonds. The van der Waals surface area contributed by atoms with E-state index in [0.29, 0.717) is 24.0 Å². The maximum Gasteiger partial charge on any atom is 0.293 e. The molecule has 1 aliphatic carbocycles. The van der Waals surface area contributed by atoms with Gasteiger partial charge in [0.05, 0.1) is 8.48 Å². The summed E-state index contributed by atoms with van der Waals surface area (Å²) in [5, 5.41) is -0.144. The van der Waals surface area contributed by atoms with Crippen LogP contribution >= 0.6 is 34.4 Å². The van der Waals surface area contributed by atoms with Gasteiger partial charge in [0.1, 0.15) is 12.4 Å². The Balaban J connectivity index is 1.41. The third-order valence-corrected chi connectivity index (χ3v) is 7.56. The number of carbonyl (C=O) groups excluding carboxylic acids is 2. The Bertz CT molecular complexity index is 996. The number of aryl methyl sites for hydroxylation is 1. The Morgan fingerprint density at radius 2 is 1.84 bits per heavy atom. The fraction of sp³-hybridized carbons (Fsp3) is 0.360. The molecule has 162 valence electrons. The maximum atomic E-state index is 12.8. The lowest BCUT2D eigenvalue weighted by Gasteiger charge is -2.25. The molecule has 2 aliphatic rings. The van der Waals surface area contributed by atoms with E-state index in [9.17, 15) is 9.59 Å². The highest BCUT2D eigenvalue weighted by atomic mass is 127. The largest absolute Gasteiger partial charge is 0.488 e. The van der Waals surface area contributed by atoms with Gasteiger partial charge in [0, 0.05) is 6.54 Å². The number of nitrogens with zero attached hydrogens (tertiary/aromatic N) is 1. The quantitative estimate of drug-likeness (QED) is 0.295. The Kier molecular flexibility index (Phi) is 7.38. The number of carbonyl (C=O) groups is 2. The van der Waals surface area contributed by atoms with Crippen LogP contribution in [-0.4, -0.2) is 22.6 Å². The van der Waals surface area contributed by atoms with Gasteiger partial charge in [-0.1, -0.05) is 55.2 Å². The van der Waals surface area contributed by atoms with E-state index < -0.39 is 0 Å². The molecule has 0 spiro atoms. The Labute approximate surface area is 201 Å². The molecule has 1 aliphatic heterocycles. The third kappa shape index (κ3) is 5.71. The molecule has 0 N–H and O–H groups in total. The van der Waals surface area contributed by atoms with Gasteiger partial charge in [-0.3, -0.25) is 14.5 Å². The monoisotopic (exact) mass is 547 g/mol. The summed E-state index contributed by atoms with van der Waals surface area (Å²) in [6, 6.07) is 14.1. The fourth-order valence-electron chi connectivity index (χ4n) is 4.01. The second kappa shape index (κ2) is 10.2. The molecule has 2 aromatic rings. The van der Waals surface area contributed by atoms with Crippen LogP contribution in [0.25, 0.3) is 6.08 Å². The molecule has 0 bridgehead atoms. The number of imide groups is 1. The van der Waals surface area contributed by atoms with E-state index in [1.54, 1.807) is 0 Å². The van der Waals surface area contributed by atoms with Gasteiger partial charge in [0.25, 0.3) is 11.1 Å². The van der Waals surface area contributed by atoms with Crippen molar-refractivity contribution < 1.29 is 14.3 Å². The van der Waals surface area contributed by atoms with Crippen molar-refractivity contribution in [3.63, 3.8) is 0 Å². The number of ether oxygens (including phenoxy) is 1. The Morgan fingerprint density at radius 1 is 1.10 bits per heavy atom. The number of amides is 2. The van der Waals surface area contributed by atoms with Crippen LogP contribution in [0.4, 0.5) is 4.79 Å². The summed E-state index contributed by atoms with van der Waals surface area (Å²) in [4.78, 5) is 27.2. The Hall–Kier alpha value is -1.80. The van der Waals surface area contributed by atoms with Gasteiger partial charge in [-0.05, 0) is 89.4 Å². The minimum absolute atomic E-state index is 0.144. The van der Waals surface area contributed by atoms with Crippen LogP contribution < -0.4 is 4.74 Å². The zero-order valence-electron chi connectivity index (χ0n) is 17.6. The first kappa shape index (κ1) is 22.4. The minimum atomic E-state index is -0.157. The van der Waals surface area contributed by atoms with Crippen LogP contribution in [0.1, 0.15) is 48.8 Å². The maximum absolute atomic E-state index is 12.8. The summed E-state index contributed by atoms with van der Waals surface area (Å²) in [7, 11) is 0. The highest BCUT2D eigenvalue weighted by Crippen LogP contribution is 2.35. The lowest BCUT2D eigenvalue weighted by molar-refractivity contribution is -0.123. The zero-order valence-corrected chi connectivity index (χ0v) is 20.6. The average molecular weight is 547 g/mol. The van der Waals surface area contributed by atoms with Gasteiger partial charge >= 0.3 is 0 Å². The van der Waals surface area contributed by atoms with E-state index in [1.165, 1.54) is 29.7 Å². The smallest absolute Gasteiger partial charge is 0.293 e. The predicted octanol–water partition coefficient (Wildman–Crippen LogP) is 6.80. The molecule has 1 saturated carbocycles. The van der Waals surface area contributed by atoms with Crippen LogP contribution in [0.3, 0.4) is 0 Å². The van der Waals surface area contributed by atoms with E-state index >= 15 is 0 Å². The molecule has 2 fully saturated rings. The van der Waals surface area contributed by atoms with Crippen LogP contribution in [0.2, 0.25) is 0 Å². The first-order chi connectivity index (χ1) is 15.0. The summed E-state index contributed by atoms with van der Waals surface area (Å²) in [6.07, 6.45) is 7.71. The average Bonchev–Trinajstić information content (AvgIpc) is 3.02. The van der Waals surface area contributed by atoms with E-state index in [4.69, 9.17) is 4.74 Å². The van der Waals surface area contributed by atoms with Crippen LogP contribution in [0.15, 0.2) is 47.4 Å². The van der Waals surface area contributed by atoms with E-state index in [-0.39, 0.29) is 11.1 Å². The molecule has 31 heavy (non-hydrogen) atoms. The van der Waals surface area contributed by atoms with Crippen molar-refractivity contribution in [2.75, 3.05) is 6.54 Å². The molecule has 4 nitrogen and oxygen atoms in total. The number of benzene rings is 2. The van der Waals surface area contributed by atoms with Crippen LogP contribution in [0, 0.1) is 16.4 Å². The topological polar surface area (TPSA) is 46.6 Å². The minimum Gasteiger partial charge on any atom is -0.488 e. The number of hydrogen-bond acceptors (Lipinski definition) is 4. The number of thioether (sulfide) groups is 1. The van der Waals surface area contributed by atoms with Gasteiger partial charge in [0.2, 0.25) is 0 Å². The molecule has 4 rings (SSSR count). The summed E-state index contributed by atoms with van der Waals surface area (Å²) in [6.45, 7) is 3.14. The van der Waals surface area contributed by atoms with Gasteiger partial charge in [-0.25, -0.2) is 0 Å². The second-order valence-corrected chi connectivity index (χ2v) is 10.4. The number of hydrogen-bond donors (Lipinski definition) is 0. The summed E-state index contributed by atoms with van der Waals surface area (Å²) in [5.74, 6) is 1.10. The SMILES string of the molecule is Cc1ccc(COc2ccc(/C=C3/SC(=O)N(CC4CCCCC4)C3=O)cc2I)cc1. The summed E-state index contributed by atoms with van der Waals surface area (Å²) < 4.78 is 6.94. The molecule has 0 radical (unpaired) electrons. The Morgan fingerprint density at radius 3 is 2.55 bits per heavy atom. The molecule has 6 heteroatoms. The van der Waals surface area contributed by atoms with Crippen molar-refractivity contribution in [3.8, 4) is 5.75 Å². The number of halogens is 1. The van der Waals surface area contributed by atoms with Gasteiger partial charge < -0.3 is 4.74 Å². The van der Waals surface area contributed by atoms with Gasteiger partial charge in [0.15, 0.2) is 0 Å². The third-order valence-electron chi connectivity index (χ3n) is 5.81. The van der Waals surface area contributed by atoms with E-state index in [2.05, 4.69) is 53.8 Å². The van der Waals surface area contributed by atoms with E-state index in [1.807, 2.05) is 24.3 Å². The van der Waals surface area contributed by atoms with E-state index in [0.717, 1.165) is 45.1 Å². The van der Waals surface area contributed by atoms with Crippen molar-refractivity contribution in [1.29, 1.82) is 0 Å². The molecule has 0 aromatic heterocycles. The normalized spacial score (nSPS) is 18.8. The molecule has 0 unspecified atom stereocenters. The first-order valence-electron chi connectivity index (χ1n) is 10.7. The second-order valence-electron chi connectivity index (χ2n) is 8.26. The highest BCUT2D eigenvalue weighted by Gasteiger charge is 2.36. The van der Waals surface area contributed by atoms with Gasteiger partial charge in [-0.15, -0.1) is 0 Å². The fourth-order valence-corrected chi connectivity index (χ4v) is 5.55. The van der Waals surface area contributed by atoms with Crippen molar-refractivity contribution in [2.24, 2.45) is 5.92 Å². The van der Waals surface area contributed by atoms with Gasteiger partial charge in [-0.2, -0.15) is 0 Å². The van der Waals surface area contributed by atoms with Crippen molar-refractivity contribution in [3.05, 3.63) is 67.6 Å². The van der Waals surface area contributed by atoms with Crippen LogP contribution in [0.5, 0.6) is 5.75 Å². The summed E-state index contributed by atoms with van der Waals surface area (Å²) in [5.41, 5.74) is 3.25. The summed E-state index contributed by atoms with van der Waals surface area (Å²) >= 11 is 3.30. The lowest BCUT2D eigenvalue weighted by Crippen LogP contribution is -2.34. The molecule has 2 aromatic carbocycles. The molecule has 1 saturated heterocycles. The lowest BCUT2D eigenvalue weighted by atomic mass is 9.89. The number of rotatable bonds is 6. The first-order valence-corrected chi connectivity index (χ1v) is 12.6. The van der Waals surface area contributed by atoms with Crippen LogP contribution in [-0.2, 0) is 11.4 Å². The molecular formula is C25H26INO3S. The van der Waals surface area contributed by atoms with Crippen molar-refractivity contribution >= 4 is 51.6 Å². The zero-order chi connectivity index (χ0) is 21.8. The predicted molar refractivity (Wildman–Crippen MR) is 134 cm³/mol. The molecule has 0 atom stereocenters. The highest BCUT2D eigenvalue weighted by molar-refractivity contribution is 14.1. The molecular weight excluding hydrogens is 521 g/mol.